The van der Waals surface area contributed by atoms with E-state index in [4.69, 9.17) is 22.9 Å². The van der Waals surface area contributed by atoms with Crippen LogP contribution in [0.2, 0.25) is 0 Å². The highest BCUT2D eigenvalue weighted by molar-refractivity contribution is 7.80. The number of aliphatic hydroxyl groups is 1. The average molecular weight is 291 g/mol. The lowest BCUT2D eigenvalue weighted by molar-refractivity contribution is 0.244. The highest BCUT2D eigenvalue weighted by Gasteiger charge is 2.33. The molecule has 1 aromatic rings. The predicted molar refractivity (Wildman–Crippen MR) is 84.2 cm³/mol. The number of thiocarbonyl (C=S) groups is 1. The third-order valence-electron chi connectivity index (χ3n) is 4.64. The second-order valence-corrected chi connectivity index (χ2v) is 6.33. The summed E-state index contributed by atoms with van der Waals surface area (Å²) in [7, 11) is 0. The molecule has 1 fully saturated rings. The van der Waals surface area contributed by atoms with Crippen molar-refractivity contribution in [1.82, 2.24) is 4.98 Å². The molecule has 0 spiro atoms. The van der Waals surface area contributed by atoms with E-state index in [-0.39, 0.29) is 12.6 Å². The minimum atomic E-state index is 0.120. The number of aryl methyl sites for hydroxylation is 2. The maximum Gasteiger partial charge on any atom is 0.139 e. The molecule has 1 aromatic heterocycles. The maximum atomic E-state index is 9.66. The van der Waals surface area contributed by atoms with Crippen LogP contribution in [0, 0.1) is 5.92 Å². The van der Waals surface area contributed by atoms with Crippen LogP contribution in [-0.2, 0) is 12.8 Å². The van der Waals surface area contributed by atoms with Gasteiger partial charge in [0.1, 0.15) is 10.8 Å². The monoisotopic (exact) mass is 291 g/mol. The topological polar surface area (TPSA) is 62.4 Å². The van der Waals surface area contributed by atoms with Crippen LogP contribution in [0.15, 0.2) is 6.07 Å². The molecule has 2 atom stereocenters. The molecule has 0 bridgehead atoms. The Hall–Kier alpha value is -1.20. The van der Waals surface area contributed by atoms with Gasteiger partial charge in [0.25, 0.3) is 0 Å². The van der Waals surface area contributed by atoms with E-state index >= 15 is 0 Å². The second kappa shape index (κ2) is 5.30. The highest BCUT2D eigenvalue weighted by Crippen LogP contribution is 2.33. The second-order valence-electron chi connectivity index (χ2n) is 5.89. The number of rotatable bonds is 3. The molecule has 2 unspecified atom stereocenters. The molecular formula is C15H21N3OS. The van der Waals surface area contributed by atoms with Crippen LogP contribution >= 0.6 is 12.2 Å². The van der Waals surface area contributed by atoms with Crippen LogP contribution in [0.3, 0.4) is 0 Å². The molecule has 4 nitrogen and oxygen atoms in total. The molecule has 0 amide bonds. The van der Waals surface area contributed by atoms with E-state index in [1.807, 2.05) is 0 Å². The summed E-state index contributed by atoms with van der Waals surface area (Å²) in [5, 5.41) is 9.66. The first-order chi connectivity index (χ1) is 9.61. The summed E-state index contributed by atoms with van der Waals surface area (Å²) in [4.78, 5) is 7.43. The Morgan fingerprint density at radius 2 is 2.35 bits per heavy atom. The largest absolute Gasteiger partial charge is 0.394 e. The van der Waals surface area contributed by atoms with Crippen molar-refractivity contribution >= 4 is 23.0 Å². The fraction of sp³-hybridized carbons (Fsp3) is 0.600. The molecule has 1 aliphatic carbocycles. The van der Waals surface area contributed by atoms with Gasteiger partial charge in [-0.15, -0.1) is 0 Å². The fourth-order valence-electron chi connectivity index (χ4n) is 3.41. The summed E-state index contributed by atoms with van der Waals surface area (Å²) < 4.78 is 0. The van der Waals surface area contributed by atoms with Gasteiger partial charge in [0.2, 0.25) is 0 Å². The first kappa shape index (κ1) is 13.8. The van der Waals surface area contributed by atoms with E-state index in [9.17, 15) is 5.11 Å². The molecule has 2 aliphatic rings. The number of aromatic nitrogens is 1. The van der Waals surface area contributed by atoms with Crippen molar-refractivity contribution in [2.24, 2.45) is 11.7 Å². The molecule has 2 heterocycles. The summed E-state index contributed by atoms with van der Waals surface area (Å²) in [5.74, 6) is 1.34. The Labute approximate surface area is 125 Å². The van der Waals surface area contributed by atoms with Gasteiger partial charge < -0.3 is 15.7 Å². The Morgan fingerprint density at radius 3 is 3.05 bits per heavy atom. The number of fused-ring (bicyclic) bond motifs is 1. The SMILES string of the molecule is CC1CCN(c2nc3c(cc2C(N)=S)CCC3)C1CO. The summed E-state index contributed by atoms with van der Waals surface area (Å²) in [6, 6.07) is 2.24. The van der Waals surface area contributed by atoms with Gasteiger partial charge in [-0.25, -0.2) is 4.98 Å². The molecule has 5 heteroatoms. The molecule has 0 radical (unpaired) electrons. The van der Waals surface area contributed by atoms with Crippen LogP contribution in [0.25, 0.3) is 0 Å². The predicted octanol–water partition coefficient (Wildman–Crippen LogP) is 1.41. The molecule has 1 aliphatic heterocycles. The van der Waals surface area contributed by atoms with Crippen LogP contribution in [0.1, 0.15) is 36.6 Å². The van der Waals surface area contributed by atoms with Crippen molar-refractivity contribution in [3.05, 3.63) is 22.9 Å². The number of nitrogens with zero attached hydrogens (tertiary/aromatic N) is 2. The quantitative estimate of drug-likeness (QED) is 0.825. The van der Waals surface area contributed by atoms with E-state index < -0.39 is 0 Å². The zero-order chi connectivity index (χ0) is 14.3. The molecule has 3 rings (SSSR count). The first-order valence-electron chi connectivity index (χ1n) is 7.32. The van der Waals surface area contributed by atoms with Crippen molar-refractivity contribution in [3.63, 3.8) is 0 Å². The van der Waals surface area contributed by atoms with E-state index in [1.165, 1.54) is 11.3 Å². The van der Waals surface area contributed by atoms with Crippen LogP contribution in [0.5, 0.6) is 0 Å². The van der Waals surface area contributed by atoms with Gasteiger partial charge in [-0.3, -0.25) is 0 Å². The van der Waals surface area contributed by atoms with Gasteiger partial charge in [0, 0.05) is 12.2 Å². The van der Waals surface area contributed by atoms with Crippen LogP contribution in [-0.4, -0.2) is 34.3 Å². The number of nitrogens with two attached hydrogens (primary N) is 1. The van der Waals surface area contributed by atoms with E-state index in [0.29, 0.717) is 10.9 Å². The lowest BCUT2D eigenvalue weighted by Gasteiger charge is -2.28. The number of pyridine rings is 1. The number of hydrogen-bond donors (Lipinski definition) is 2. The third-order valence-corrected chi connectivity index (χ3v) is 4.86. The lowest BCUT2D eigenvalue weighted by atomic mass is 10.0. The summed E-state index contributed by atoms with van der Waals surface area (Å²) in [6.07, 6.45) is 4.33. The standard InChI is InChI=1S/C15H21N3OS/c1-9-5-6-18(13(9)8-19)15-11(14(16)20)7-10-3-2-4-12(10)17-15/h7,9,13,19H,2-6,8H2,1H3,(H2,16,20). The zero-order valence-corrected chi connectivity index (χ0v) is 12.6. The Balaban J connectivity index is 2.06. The van der Waals surface area contributed by atoms with Gasteiger partial charge in [-0.2, -0.15) is 0 Å². The normalized spacial score (nSPS) is 25.0. The molecule has 0 saturated carbocycles. The van der Waals surface area contributed by atoms with Gasteiger partial charge in [0.15, 0.2) is 0 Å². The smallest absolute Gasteiger partial charge is 0.139 e. The van der Waals surface area contributed by atoms with Crippen molar-refractivity contribution in [3.8, 4) is 0 Å². The van der Waals surface area contributed by atoms with Crippen molar-refractivity contribution in [1.29, 1.82) is 0 Å². The highest BCUT2D eigenvalue weighted by atomic mass is 32.1. The molecule has 0 aromatic carbocycles. The van der Waals surface area contributed by atoms with Gasteiger partial charge in [0.05, 0.1) is 18.2 Å². The first-order valence-corrected chi connectivity index (χ1v) is 7.72. The molecular weight excluding hydrogens is 270 g/mol. The third kappa shape index (κ3) is 2.19. The Morgan fingerprint density at radius 1 is 1.55 bits per heavy atom. The van der Waals surface area contributed by atoms with Crippen LogP contribution in [0.4, 0.5) is 5.82 Å². The van der Waals surface area contributed by atoms with E-state index in [1.54, 1.807) is 0 Å². The maximum absolute atomic E-state index is 9.66. The summed E-state index contributed by atoms with van der Waals surface area (Å²) >= 11 is 5.21. The van der Waals surface area contributed by atoms with Crippen molar-refractivity contribution in [2.45, 2.75) is 38.6 Å². The van der Waals surface area contributed by atoms with Gasteiger partial charge in [-0.1, -0.05) is 19.1 Å². The Kier molecular flexibility index (Phi) is 3.65. The van der Waals surface area contributed by atoms with Crippen molar-refractivity contribution in [2.75, 3.05) is 18.1 Å². The molecule has 1 saturated heterocycles. The van der Waals surface area contributed by atoms with E-state index in [0.717, 1.165) is 43.6 Å². The van der Waals surface area contributed by atoms with E-state index in [2.05, 4.69) is 17.9 Å². The number of aliphatic hydroxyl groups excluding tert-OH is 1. The van der Waals surface area contributed by atoms with Gasteiger partial charge >= 0.3 is 0 Å². The summed E-state index contributed by atoms with van der Waals surface area (Å²) in [5.41, 5.74) is 9.23. The summed E-state index contributed by atoms with van der Waals surface area (Å²) in [6.45, 7) is 3.24. The minimum Gasteiger partial charge on any atom is -0.394 e. The minimum absolute atomic E-state index is 0.120. The number of anilines is 1. The lowest BCUT2D eigenvalue weighted by Crippen LogP contribution is -2.37. The van der Waals surface area contributed by atoms with Crippen molar-refractivity contribution < 1.29 is 5.11 Å². The molecule has 3 N–H and O–H groups in total. The zero-order valence-electron chi connectivity index (χ0n) is 11.8. The molecule has 108 valence electrons. The average Bonchev–Trinajstić information content (AvgIpc) is 3.02. The van der Waals surface area contributed by atoms with Crippen LogP contribution < -0.4 is 10.6 Å². The molecule has 20 heavy (non-hydrogen) atoms. The fourth-order valence-corrected chi connectivity index (χ4v) is 3.56. The number of hydrogen-bond acceptors (Lipinski definition) is 4. The Bertz CT molecular complexity index is 546. The van der Waals surface area contributed by atoms with Gasteiger partial charge in [-0.05, 0) is 43.2 Å².